The predicted molar refractivity (Wildman–Crippen MR) is 62.3 cm³/mol. The van der Waals surface area contributed by atoms with Crippen LogP contribution < -0.4 is 0 Å². The van der Waals surface area contributed by atoms with E-state index in [0.29, 0.717) is 4.90 Å². The summed E-state index contributed by atoms with van der Waals surface area (Å²) in [5.41, 5.74) is 0.788. The number of hydrogen-bond donors (Lipinski definition) is 0. The van der Waals surface area contributed by atoms with Crippen LogP contribution in [0, 0.1) is 6.92 Å². The Hall–Kier alpha value is -0.710. The lowest BCUT2D eigenvalue weighted by atomic mass is 10.2. The van der Waals surface area contributed by atoms with Crippen LogP contribution in [0.3, 0.4) is 0 Å². The van der Waals surface area contributed by atoms with Crippen LogP contribution in [0.1, 0.15) is 5.56 Å². The first kappa shape index (κ1) is 14.3. The van der Waals surface area contributed by atoms with E-state index in [0.717, 1.165) is 10.0 Å². The Morgan fingerprint density at radius 1 is 1.13 bits per heavy atom. The van der Waals surface area contributed by atoms with E-state index in [-0.39, 0.29) is 0 Å². The molecule has 15 heavy (non-hydrogen) atoms. The maximum absolute atomic E-state index is 10.4. The summed E-state index contributed by atoms with van der Waals surface area (Å²) in [6.07, 6.45) is 0. The molecule has 0 aliphatic rings. The van der Waals surface area contributed by atoms with Gasteiger partial charge in [-0.2, -0.15) is 0 Å². The minimum Gasteiger partial charge on any atom is -0.768 e. The van der Waals surface area contributed by atoms with E-state index >= 15 is 0 Å². The zero-order chi connectivity index (χ0) is 12.1. The number of benzene rings is 1. The van der Waals surface area contributed by atoms with Gasteiger partial charge < -0.3 is 9.04 Å². The minimum atomic E-state index is -2.09. The molecule has 0 saturated heterocycles. The Kier molecular flexibility index (Phi) is 5.72. The molecule has 0 aliphatic heterocycles. The molecule has 0 heterocycles. The second kappa shape index (κ2) is 6.00. The molecule has 1 aromatic carbocycles. The van der Waals surface area contributed by atoms with Gasteiger partial charge >= 0.3 is 0 Å². The molecule has 0 bridgehead atoms. The first-order valence-corrected chi connectivity index (χ1v) is 5.73. The van der Waals surface area contributed by atoms with Crippen molar-refractivity contribution in [3.8, 4) is 0 Å². The molecule has 0 aromatic heterocycles. The van der Waals surface area contributed by atoms with Gasteiger partial charge in [-0.15, -0.1) is 0 Å². The molecule has 0 saturated carbocycles. The van der Waals surface area contributed by atoms with Crippen LogP contribution in [0.5, 0.6) is 0 Å². The van der Waals surface area contributed by atoms with E-state index in [9.17, 15) is 8.76 Å². The van der Waals surface area contributed by atoms with Crippen molar-refractivity contribution in [2.45, 2.75) is 11.8 Å². The molecule has 0 spiro atoms. The largest absolute Gasteiger partial charge is 0.768 e. The topological polar surface area (TPSA) is 40.1 Å². The lowest BCUT2D eigenvalue weighted by molar-refractivity contribution is -0.849. The first-order valence-electron chi connectivity index (χ1n) is 4.65. The van der Waals surface area contributed by atoms with Crippen LogP contribution >= 0.6 is 0 Å². The molecule has 0 radical (unpaired) electrons. The Morgan fingerprint density at radius 2 is 1.53 bits per heavy atom. The Labute approximate surface area is 94.6 Å². The average Bonchev–Trinajstić information content (AvgIpc) is 2.01. The van der Waals surface area contributed by atoms with E-state index < -0.39 is 11.1 Å². The molecule has 0 fully saturated rings. The summed E-state index contributed by atoms with van der Waals surface area (Å²) >= 11 is -2.09. The van der Waals surface area contributed by atoms with Crippen molar-refractivity contribution >= 4 is 11.1 Å². The molecule has 1 unspecified atom stereocenters. The third kappa shape index (κ3) is 8.30. The van der Waals surface area contributed by atoms with E-state index in [2.05, 4.69) is 28.2 Å². The summed E-state index contributed by atoms with van der Waals surface area (Å²) in [7, 11) is 8.50. The predicted octanol–water partition coefficient (Wildman–Crippen LogP) is 1.56. The highest BCUT2D eigenvalue weighted by Crippen LogP contribution is 2.09. The van der Waals surface area contributed by atoms with Gasteiger partial charge in [0.05, 0.1) is 28.2 Å². The van der Waals surface area contributed by atoms with Crippen molar-refractivity contribution < 1.29 is 13.2 Å². The van der Waals surface area contributed by atoms with Crippen molar-refractivity contribution in [2.24, 2.45) is 0 Å². The minimum absolute atomic E-state index is 0.377. The fourth-order valence-corrected chi connectivity index (χ4v) is 1.26. The van der Waals surface area contributed by atoms with E-state index in [1.165, 1.54) is 0 Å². The lowest BCUT2D eigenvalue weighted by Gasteiger charge is -2.14. The summed E-state index contributed by atoms with van der Waals surface area (Å²) in [6, 6.07) is 6.87. The quantitative estimate of drug-likeness (QED) is 0.541. The summed E-state index contributed by atoms with van der Waals surface area (Å²) in [4.78, 5) is 0.377. The van der Waals surface area contributed by atoms with Gasteiger partial charge in [0, 0.05) is 4.90 Å². The van der Waals surface area contributed by atoms with Gasteiger partial charge in [0.25, 0.3) is 0 Å². The third-order valence-electron chi connectivity index (χ3n) is 1.27. The summed E-state index contributed by atoms with van der Waals surface area (Å²) in [5.74, 6) is 0. The highest BCUT2D eigenvalue weighted by molar-refractivity contribution is 7.79. The van der Waals surface area contributed by atoms with Crippen molar-refractivity contribution in [1.82, 2.24) is 0 Å². The van der Waals surface area contributed by atoms with Crippen LogP contribution in [-0.2, 0) is 11.1 Å². The summed E-state index contributed by atoms with van der Waals surface area (Å²) in [6.45, 7) is 1.77. The number of rotatable bonds is 1. The monoisotopic (exact) mass is 229 g/mol. The van der Waals surface area contributed by atoms with Crippen molar-refractivity contribution in [1.29, 1.82) is 0 Å². The zero-order valence-electron chi connectivity index (χ0n) is 9.98. The molecule has 0 aliphatic carbocycles. The second-order valence-corrected chi connectivity index (χ2v) is 5.59. The number of nitrogens with zero attached hydrogens (tertiary/aromatic N) is 1. The third-order valence-corrected chi connectivity index (χ3v) is 2.09. The lowest BCUT2D eigenvalue weighted by Crippen LogP contribution is -2.27. The van der Waals surface area contributed by atoms with E-state index in [4.69, 9.17) is 0 Å². The highest BCUT2D eigenvalue weighted by Gasteiger charge is 1.93. The Morgan fingerprint density at radius 3 is 1.80 bits per heavy atom. The van der Waals surface area contributed by atoms with Crippen LogP contribution in [0.2, 0.25) is 0 Å². The zero-order valence-corrected chi connectivity index (χ0v) is 10.8. The average molecular weight is 229 g/mol. The van der Waals surface area contributed by atoms with Crippen LogP contribution in [-0.4, -0.2) is 41.4 Å². The standard InChI is InChI=1S/C7H8O2S.C4H12N/c1-6-4-2-3-5-7(6)10(8)9;1-5(2,3)4/h2-5H,1H3,(H,8,9);1-4H3/q;+1/p-1. The van der Waals surface area contributed by atoms with Gasteiger partial charge in [0.2, 0.25) is 0 Å². The number of quaternary nitrogens is 1. The molecule has 1 atom stereocenters. The van der Waals surface area contributed by atoms with E-state index in [1.54, 1.807) is 25.1 Å². The summed E-state index contributed by atoms with van der Waals surface area (Å²) < 4.78 is 21.8. The summed E-state index contributed by atoms with van der Waals surface area (Å²) in [5, 5.41) is 0. The molecule has 86 valence electrons. The fraction of sp³-hybridized carbons (Fsp3) is 0.455. The Balaban J connectivity index is 0.000000336. The molecule has 1 rings (SSSR count). The van der Waals surface area contributed by atoms with Crippen molar-refractivity contribution in [2.75, 3.05) is 28.2 Å². The molecule has 3 nitrogen and oxygen atoms in total. The second-order valence-electron chi connectivity index (χ2n) is 4.68. The van der Waals surface area contributed by atoms with Crippen molar-refractivity contribution in [3.05, 3.63) is 29.8 Å². The molecule has 4 heteroatoms. The Bertz CT molecular complexity index is 326. The van der Waals surface area contributed by atoms with Crippen LogP contribution in [0.15, 0.2) is 29.2 Å². The van der Waals surface area contributed by atoms with Gasteiger partial charge in [-0.3, -0.25) is 4.21 Å². The normalized spacial score (nSPS) is 12.7. The SMILES string of the molecule is C[N+](C)(C)C.Cc1ccccc1S(=O)[O-]. The van der Waals surface area contributed by atoms with Crippen LogP contribution in [0.4, 0.5) is 0 Å². The van der Waals surface area contributed by atoms with Gasteiger partial charge in [0.15, 0.2) is 0 Å². The van der Waals surface area contributed by atoms with Crippen molar-refractivity contribution in [3.63, 3.8) is 0 Å². The number of aryl methyl sites for hydroxylation is 1. The maximum Gasteiger partial charge on any atom is 0.0675 e. The molecular formula is C11H19NO2S. The molecule has 1 aromatic rings. The molecule has 0 N–H and O–H groups in total. The first-order chi connectivity index (χ1) is 6.72. The molecular weight excluding hydrogens is 210 g/mol. The van der Waals surface area contributed by atoms with Gasteiger partial charge in [-0.25, -0.2) is 0 Å². The highest BCUT2D eigenvalue weighted by atomic mass is 32.2. The molecule has 0 amide bonds. The maximum atomic E-state index is 10.4. The van der Waals surface area contributed by atoms with E-state index in [1.807, 2.05) is 6.07 Å². The van der Waals surface area contributed by atoms with Gasteiger partial charge in [0.1, 0.15) is 0 Å². The van der Waals surface area contributed by atoms with Gasteiger partial charge in [-0.05, 0) is 29.6 Å². The van der Waals surface area contributed by atoms with Gasteiger partial charge in [-0.1, -0.05) is 18.2 Å². The number of hydrogen-bond acceptors (Lipinski definition) is 2. The smallest absolute Gasteiger partial charge is 0.0675 e. The fourth-order valence-electron chi connectivity index (χ4n) is 0.743. The van der Waals surface area contributed by atoms with Crippen LogP contribution in [0.25, 0.3) is 0 Å².